The molecule has 0 bridgehead atoms. The summed E-state index contributed by atoms with van der Waals surface area (Å²) in [5.41, 5.74) is 6.19. The summed E-state index contributed by atoms with van der Waals surface area (Å²) >= 11 is 6.12. The molecule has 1 atom stereocenters. The molecule has 5 nitrogen and oxygen atoms in total. The summed E-state index contributed by atoms with van der Waals surface area (Å²) in [5.74, 6) is 0. The molecule has 35 heavy (non-hydrogen) atoms. The summed E-state index contributed by atoms with van der Waals surface area (Å²) in [6.07, 6.45) is 7.26. The second kappa shape index (κ2) is 9.23. The number of rotatable bonds is 5. The van der Waals surface area contributed by atoms with Crippen molar-refractivity contribution in [3.05, 3.63) is 106 Å². The number of halogens is 1. The smallest absolute Gasteiger partial charge is 0.289 e. The van der Waals surface area contributed by atoms with Gasteiger partial charge in [-0.15, -0.1) is 0 Å². The van der Waals surface area contributed by atoms with Crippen molar-refractivity contribution in [3.63, 3.8) is 0 Å². The first-order valence-electron chi connectivity index (χ1n) is 12.3. The standard InChI is InChI=1S/C29H27ClN4O/c30-22-17-15-21(16-18-22)26-19-25(34(31-26)24-11-5-2-6-12-24)20-32-27-13-7-8-14-28(27)33(29(32)35)23-9-3-1-4-10-23/h2,5-9,11-18,25H,1,3-4,10,19-20H2. The van der Waals surface area contributed by atoms with E-state index in [1.54, 1.807) is 0 Å². The van der Waals surface area contributed by atoms with E-state index >= 15 is 0 Å². The molecule has 1 unspecified atom stereocenters. The number of hydrogen-bond donors (Lipinski definition) is 0. The third-order valence-corrected chi connectivity index (χ3v) is 7.24. The number of allylic oxidation sites excluding steroid dienone is 2. The summed E-state index contributed by atoms with van der Waals surface area (Å²) in [6, 6.07) is 26.2. The van der Waals surface area contributed by atoms with Crippen LogP contribution in [0.1, 0.15) is 37.7 Å². The molecule has 6 heteroatoms. The van der Waals surface area contributed by atoms with Crippen LogP contribution in [0.2, 0.25) is 5.02 Å². The number of imidazole rings is 1. The van der Waals surface area contributed by atoms with Gasteiger partial charge in [-0.1, -0.05) is 60.1 Å². The summed E-state index contributed by atoms with van der Waals surface area (Å²) < 4.78 is 3.86. The van der Waals surface area contributed by atoms with Gasteiger partial charge in [-0.25, -0.2) is 4.79 Å². The lowest BCUT2D eigenvalue weighted by Gasteiger charge is -2.24. The van der Waals surface area contributed by atoms with Crippen LogP contribution in [0, 0.1) is 0 Å². The van der Waals surface area contributed by atoms with E-state index in [0.29, 0.717) is 11.6 Å². The molecular weight excluding hydrogens is 456 g/mol. The Bertz CT molecular complexity index is 1480. The number of hydrogen-bond acceptors (Lipinski definition) is 3. The molecule has 0 fully saturated rings. The third-order valence-electron chi connectivity index (χ3n) is 6.98. The molecule has 1 aromatic heterocycles. The molecule has 176 valence electrons. The van der Waals surface area contributed by atoms with Gasteiger partial charge < -0.3 is 0 Å². The highest BCUT2D eigenvalue weighted by molar-refractivity contribution is 6.30. The molecule has 0 radical (unpaired) electrons. The lowest BCUT2D eigenvalue weighted by molar-refractivity contribution is 0.543. The van der Waals surface area contributed by atoms with Crippen molar-refractivity contribution in [3.8, 4) is 0 Å². The van der Waals surface area contributed by atoms with Gasteiger partial charge in [-0.3, -0.25) is 14.1 Å². The van der Waals surface area contributed by atoms with Crippen molar-refractivity contribution >= 4 is 39.7 Å². The summed E-state index contributed by atoms with van der Waals surface area (Å²) in [6.45, 7) is 0.551. The minimum Gasteiger partial charge on any atom is -0.289 e. The van der Waals surface area contributed by atoms with E-state index < -0.39 is 0 Å². The highest BCUT2D eigenvalue weighted by Gasteiger charge is 2.30. The normalized spacial score (nSPS) is 18.1. The maximum Gasteiger partial charge on any atom is 0.333 e. The van der Waals surface area contributed by atoms with Crippen LogP contribution in [0.5, 0.6) is 0 Å². The second-order valence-electron chi connectivity index (χ2n) is 9.25. The van der Waals surface area contributed by atoms with Crippen LogP contribution < -0.4 is 10.7 Å². The maximum atomic E-state index is 13.8. The minimum absolute atomic E-state index is 0.0142. The summed E-state index contributed by atoms with van der Waals surface area (Å²) in [4.78, 5) is 13.8. The van der Waals surface area contributed by atoms with E-state index in [0.717, 1.165) is 59.4 Å². The predicted octanol–water partition coefficient (Wildman–Crippen LogP) is 6.55. The number of anilines is 1. The fraction of sp³-hybridized carbons (Fsp3) is 0.241. The van der Waals surface area contributed by atoms with Gasteiger partial charge in [0, 0.05) is 17.1 Å². The van der Waals surface area contributed by atoms with E-state index in [-0.39, 0.29) is 11.7 Å². The number of fused-ring (bicyclic) bond motifs is 1. The fourth-order valence-electron chi connectivity index (χ4n) is 5.27. The molecule has 0 saturated heterocycles. The Kier molecular flexibility index (Phi) is 5.78. The topological polar surface area (TPSA) is 42.5 Å². The lowest BCUT2D eigenvalue weighted by Crippen LogP contribution is -2.35. The molecule has 1 aliphatic carbocycles. The van der Waals surface area contributed by atoms with Crippen LogP contribution in [0.15, 0.2) is 94.8 Å². The van der Waals surface area contributed by atoms with E-state index in [9.17, 15) is 4.79 Å². The zero-order valence-corrected chi connectivity index (χ0v) is 20.2. The minimum atomic E-state index is 0.0142. The Morgan fingerprint density at radius 2 is 1.63 bits per heavy atom. The van der Waals surface area contributed by atoms with Crippen LogP contribution in [-0.2, 0) is 6.54 Å². The number of nitrogens with zero attached hydrogens (tertiary/aromatic N) is 4. The molecule has 0 N–H and O–H groups in total. The second-order valence-corrected chi connectivity index (χ2v) is 9.69. The van der Waals surface area contributed by atoms with E-state index in [1.165, 1.54) is 6.42 Å². The first-order valence-corrected chi connectivity index (χ1v) is 12.6. The molecule has 0 spiro atoms. The van der Waals surface area contributed by atoms with Gasteiger partial charge in [-0.05, 0) is 67.6 Å². The van der Waals surface area contributed by atoms with Crippen LogP contribution in [0.25, 0.3) is 16.7 Å². The third kappa shape index (κ3) is 4.10. The van der Waals surface area contributed by atoms with Crippen LogP contribution in [-0.4, -0.2) is 20.9 Å². The number of aromatic nitrogens is 2. The first kappa shape index (κ1) is 21.9. The van der Waals surface area contributed by atoms with Crippen molar-refractivity contribution < 1.29 is 0 Å². The van der Waals surface area contributed by atoms with Crippen molar-refractivity contribution in [1.29, 1.82) is 0 Å². The number of benzene rings is 3. The molecule has 0 saturated carbocycles. The first-order chi connectivity index (χ1) is 17.2. The van der Waals surface area contributed by atoms with Crippen molar-refractivity contribution in [2.24, 2.45) is 5.10 Å². The maximum absolute atomic E-state index is 13.8. The Labute approximate surface area is 209 Å². The molecular formula is C29H27ClN4O. The Hall–Kier alpha value is -3.57. The monoisotopic (exact) mass is 482 g/mol. The average molecular weight is 483 g/mol. The van der Waals surface area contributed by atoms with Crippen LogP contribution >= 0.6 is 11.6 Å². The molecule has 2 aliphatic rings. The highest BCUT2D eigenvalue weighted by Crippen LogP contribution is 2.30. The number of para-hydroxylation sites is 3. The van der Waals surface area contributed by atoms with Gasteiger partial charge in [0.1, 0.15) is 0 Å². The Morgan fingerprint density at radius 3 is 2.37 bits per heavy atom. The molecule has 0 amide bonds. The highest BCUT2D eigenvalue weighted by atomic mass is 35.5. The van der Waals surface area contributed by atoms with E-state index in [1.807, 2.05) is 63.7 Å². The van der Waals surface area contributed by atoms with Crippen LogP contribution in [0.3, 0.4) is 0 Å². The molecule has 1 aliphatic heterocycles. The summed E-state index contributed by atoms with van der Waals surface area (Å²) in [7, 11) is 0. The van der Waals surface area contributed by atoms with Gasteiger partial charge in [0.25, 0.3) is 0 Å². The zero-order chi connectivity index (χ0) is 23.8. The van der Waals surface area contributed by atoms with Gasteiger partial charge in [-0.2, -0.15) is 5.10 Å². The fourth-order valence-corrected chi connectivity index (χ4v) is 5.39. The number of hydrazone groups is 1. The van der Waals surface area contributed by atoms with E-state index in [4.69, 9.17) is 16.7 Å². The molecule has 4 aromatic rings. The van der Waals surface area contributed by atoms with Gasteiger partial charge in [0.15, 0.2) is 0 Å². The largest absolute Gasteiger partial charge is 0.333 e. The van der Waals surface area contributed by atoms with Gasteiger partial charge in [0.05, 0.1) is 35.0 Å². The lowest BCUT2D eigenvalue weighted by atomic mass is 10.0. The Balaban J connectivity index is 1.41. The predicted molar refractivity (Wildman–Crippen MR) is 144 cm³/mol. The SMILES string of the molecule is O=c1n(CC2CC(c3ccc(Cl)cc3)=NN2c2ccccc2)c2ccccc2n1C1=CCCCC1. The van der Waals surface area contributed by atoms with Crippen molar-refractivity contribution in [2.75, 3.05) is 5.01 Å². The van der Waals surface area contributed by atoms with Gasteiger partial charge >= 0.3 is 5.69 Å². The zero-order valence-electron chi connectivity index (χ0n) is 19.5. The van der Waals surface area contributed by atoms with Crippen molar-refractivity contribution in [2.45, 2.75) is 44.7 Å². The quantitative estimate of drug-likeness (QED) is 0.323. The molecule has 3 aromatic carbocycles. The van der Waals surface area contributed by atoms with Gasteiger partial charge in [0.2, 0.25) is 0 Å². The summed E-state index contributed by atoms with van der Waals surface area (Å²) in [5, 5.41) is 7.80. The molecule has 6 rings (SSSR count). The molecule has 2 heterocycles. The Morgan fingerprint density at radius 1 is 0.886 bits per heavy atom. The average Bonchev–Trinajstić information content (AvgIpc) is 3.45. The van der Waals surface area contributed by atoms with E-state index in [2.05, 4.69) is 35.4 Å². The van der Waals surface area contributed by atoms with Crippen LogP contribution in [0.4, 0.5) is 5.69 Å². The van der Waals surface area contributed by atoms with Crippen molar-refractivity contribution in [1.82, 2.24) is 9.13 Å².